The van der Waals surface area contributed by atoms with Crippen molar-refractivity contribution < 1.29 is 29.0 Å². The molecule has 1 aliphatic carbocycles. The Hall–Kier alpha value is -3.39. The first-order chi connectivity index (χ1) is 16.8. The number of carboxylic acids is 1. The van der Waals surface area contributed by atoms with Gasteiger partial charge in [-0.3, -0.25) is 9.59 Å². The molecule has 8 heteroatoms. The number of carbonyl (C=O) groups excluding carboxylic acids is 2. The fourth-order valence-corrected chi connectivity index (χ4v) is 4.84. The average Bonchev–Trinajstić information content (AvgIpc) is 3.18. The van der Waals surface area contributed by atoms with Gasteiger partial charge in [-0.1, -0.05) is 68.8 Å². The standard InChI is InChI=1S/C27H34N2O6/c1-5-17(2)26(23(34-4)14-25(31)32)29(3)24(30)15-28-27(33)35-16-22-20-12-8-6-10-18(20)19-11-7-9-13-21(19)22/h6-13,17,22-23,26H,5,14-16H2,1-4H3,(H,28,33)(H,31,32). The van der Waals surface area contributed by atoms with Gasteiger partial charge in [0.25, 0.3) is 0 Å². The summed E-state index contributed by atoms with van der Waals surface area (Å²) < 4.78 is 10.9. The second kappa shape index (κ2) is 11.8. The Labute approximate surface area is 206 Å². The van der Waals surface area contributed by atoms with Crippen molar-refractivity contribution in [2.24, 2.45) is 5.92 Å². The number of fused-ring (bicyclic) bond motifs is 3. The smallest absolute Gasteiger partial charge is 0.407 e. The zero-order valence-electron chi connectivity index (χ0n) is 20.7. The summed E-state index contributed by atoms with van der Waals surface area (Å²) in [6.07, 6.45) is -0.821. The molecule has 0 saturated heterocycles. The third-order valence-corrected chi connectivity index (χ3v) is 6.85. The molecule has 188 valence electrons. The molecular formula is C27H34N2O6. The second-order valence-electron chi connectivity index (χ2n) is 8.93. The predicted octanol–water partition coefficient (Wildman–Crippen LogP) is 3.89. The molecule has 0 saturated carbocycles. The predicted molar refractivity (Wildman–Crippen MR) is 132 cm³/mol. The topological polar surface area (TPSA) is 105 Å². The highest BCUT2D eigenvalue weighted by Crippen LogP contribution is 2.44. The maximum Gasteiger partial charge on any atom is 0.407 e. The highest BCUT2D eigenvalue weighted by atomic mass is 16.5. The molecule has 3 rings (SSSR count). The lowest BCUT2D eigenvalue weighted by atomic mass is 9.91. The van der Waals surface area contributed by atoms with Crippen LogP contribution in [-0.4, -0.2) is 67.4 Å². The molecule has 35 heavy (non-hydrogen) atoms. The molecule has 2 N–H and O–H groups in total. The fraction of sp³-hybridized carbons (Fsp3) is 0.444. The maximum atomic E-state index is 12.9. The van der Waals surface area contributed by atoms with E-state index >= 15 is 0 Å². The van der Waals surface area contributed by atoms with Gasteiger partial charge in [0.2, 0.25) is 5.91 Å². The van der Waals surface area contributed by atoms with Crippen LogP contribution in [0.1, 0.15) is 43.7 Å². The van der Waals surface area contributed by atoms with E-state index in [2.05, 4.69) is 17.4 Å². The average molecular weight is 483 g/mol. The number of hydrogen-bond acceptors (Lipinski definition) is 5. The Morgan fingerprint density at radius 3 is 2.14 bits per heavy atom. The van der Waals surface area contributed by atoms with Gasteiger partial charge in [-0.2, -0.15) is 0 Å². The van der Waals surface area contributed by atoms with Crippen LogP contribution in [-0.2, 0) is 19.1 Å². The number of methoxy groups -OCH3 is 1. The van der Waals surface area contributed by atoms with Crippen LogP contribution in [0.25, 0.3) is 11.1 Å². The van der Waals surface area contributed by atoms with E-state index in [0.717, 1.165) is 28.7 Å². The van der Waals surface area contributed by atoms with Crippen LogP contribution in [0.3, 0.4) is 0 Å². The number of carbonyl (C=O) groups is 3. The van der Waals surface area contributed by atoms with Gasteiger partial charge in [-0.15, -0.1) is 0 Å². The van der Waals surface area contributed by atoms with Crippen LogP contribution >= 0.6 is 0 Å². The number of benzene rings is 2. The van der Waals surface area contributed by atoms with Crippen LogP contribution in [0.2, 0.25) is 0 Å². The quantitative estimate of drug-likeness (QED) is 0.504. The lowest BCUT2D eigenvalue weighted by Gasteiger charge is -2.37. The fourth-order valence-electron chi connectivity index (χ4n) is 4.84. The highest BCUT2D eigenvalue weighted by Gasteiger charge is 2.34. The zero-order valence-corrected chi connectivity index (χ0v) is 20.7. The van der Waals surface area contributed by atoms with Crippen molar-refractivity contribution in [2.75, 3.05) is 27.3 Å². The minimum atomic E-state index is -0.997. The summed E-state index contributed by atoms with van der Waals surface area (Å²) in [5.41, 5.74) is 4.49. The Kier molecular flexibility index (Phi) is 8.87. The molecular weight excluding hydrogens is 448 g/mol. The van der Waals surface area contributed by atoms with Crippen molar-refractivity contribution in [1.82, 2.24) is 10.2 Å². The number of hydrogen-bond donors (Lipinski definition) is 2. The van der Waals surface area contributed by atoms with Gasteiger partial charge < -0.3 is 24.8 Å². The van der Waals surface area contributed by atoms with Crippen LogP contribution in [0.4, 0.5) is 4.79 Å². The van der Waals surface area contributed by atoms with Gasteiger partial charge in [-0.05, 0) is 28.2 Å². The summed E-state index contributed by atoms with van der Waals surface area (Å²) in [7, 11) is 3.04. The third-order valence-electron chi connectivity index (χ3n) is 6.85. The van der Waals surface area contributed by atoms with Gasteiger partial charge in [0.1, 0.15) is 13.2 Å². The second-order valence-corrected chi connectivity index (χ2v) is 8.93. The summed E-state index contributed by atoms with van der Waals surface area (Å²) in [6, 6.07) is 15.7. The first kappa shape index (κ1) is 26.2. The van der Waals surface area contributed by atoms with E-state index < -0.39 is 24.2 Å². The molecule has 3 atom stereocenters. The van der Waals surface area contributed by atoms with E-state index in [4.69, 9.17) is 9.47 Å². The van der Waals surface area contributed by atoms with Gasteiger partial charge in [-0.25, -0.2) is 4.79 Å². The van der Waals surface area contributed by atoms with Crippen LogP contribution < -0.4 is 5.32 Å². The molecule has 0 heterocycles. The Morgan fingerprint density at radius 2 is 1.63 bits per heavy atom. The van der Waals surface area contributed by atoms with Gasteiger partial charge in [0.05, 0.1) is 18.6 Å². The molecule has 8 nitrogen and oxygen atoms in total. The van der Waals surface area contributed by atoms with Crippen molar-refractivity contribution >= 4 is 18.0 Å². The molecule has 2 aromatic rings. The van der Waals surface area contributed by atoms with Crippen LogP contribution in [0, 0.1) is 5.92 Å². The van der Waals surface area contributed by atoms with Crippen molar-refractivity contribution in [3.05, 3.63) is 59.7 Å². The van der Waals surface area contributed by atoms with Gasteiger partial charge >= 0.3 is 12.1 Å². The molecule has 0 aliphatic heterocycles. The number of alkyl carbamates (subject to hydrolysis) is 1. The van der Waals surface area contributed by atoms with Crippen LogP contribution in [0.5, 0.6) is 0 Å². The first-order valence-corrected chi connectivity index (χ1v) is 11.9. The zero-order chi connectivity index (χ0) is 25.5. The summed E-state index contributed by atoms with van der Waals surface area (Å²) in [5.74, 6) is -1.42. The lowest BCUT2D eigenvalue weighted by Crippen LogP contribution is -2.52. The maximum absolute atomic E-state index is 12.9. The summed E-state index contributed by atoms with van der Waals surface area (Å²) >= 11 is 0. The number of nitrogens with one attached hydrogen (secondary N) is 1. The molecule has 0 fully saturated rings. The van der Waals surface area contributed by atoms with Gasteiger partial charge in [0.15, 0.2) is 0 Å². The first-order valence-electron chi connectivity index (χ1n) is 11.9. The number of carboxylic acid groups (broad SMARTS) is 1. The minimum absolute atomic E-state index is 0.00250. The number of likely N-dealkylation sites (N-methyl/N-ethyl adjacent to an activating group) is 1. The summed E-state index contributed by atoms with van der Waals surface area (Å²) in [4.78, 5) is 38.0. The van der Waals surface area contributed by atoms with E-state index in [-0.39, 0.29) is 37.3 Å². The molecule has 0 spiro atoms. The molecule has 0 aromatic heterocycles. The Morgan fingerprint density at radius 1 is 1.06 bits per heavy atom. The normalized spacial score (nSPS) is 14.9. The van der Waals surface area contributed by atoms with Gasteiger partial charge in [0, 0.05) is 20.1 Å². The number of ether oxygens (including phenoxy) is 2. The number of amides is 2. The molecule has 0 bridgehead atoms. The number of rotatable bonds is 11. The summed E-state index contributed by atoms with van der Waals surface area (Å²) in [6.45, 7) is 3.81. The largest absolute Gasteiger partial charge is 0.481 e. The minimum Gasteiger partial charge on any atom is -0.481 e. The SMILES string of the molecule is CCC(C)C(C(CC(=O)O)OC)N(C)C(=O)CNC(=O)OCC1c2ccccc2-c2ccccc21. The monoisotopic (exact) mass is 482 g/mol. The number of aliphatic carboxylic acids is 1. The van der Waals surface area contributed by atoms with Crippen LogP contribution in [0.15, 0.2) is 48.5 Å². The van der Waals surface area contributed by atoms with E-state index in [0.29, 0.717) is 0 Å². The molecule has 2 aromatic carbocycles. The van der Waals surface area contributed by atoms with E-state index in [9.17, 15) is 19.5 Å². The highest BCUT2D eigenvalue weighted by molar-refractivity contribution is 5.83. The van der Waals surface area contributed by atoms with Crippen molar-refractivity contribution in [3.63, 3.8) is 0 Å². The number of nitrogens with zero attached hydrogens (tertiary/aromatic N) is 1. The Balaban J connectivity index is 1.59. The Bertz CT molecular complexity index is 1010. The van der Waals surface area contributed by atoms with Crippen molar-refractivity contribution in [3.8, 4) is 11.1 Å². The molecule has 1 aliphatic rings. The van der Waals surface area contributed by atoms with E-state index in [1.807, 2.05) is 50.2 Å². The molecule has 2 amide bonds. The van der Waals surface area contributed by atoms with Crippen molar-refractivity contribution in [2.45, 2.75) is 44.8 Å². The molecule has 0 radical (unpaired) electrons. The summed E-state index contributed by atoms with van der Waals surface area (Å²) in [5, 5.41) is 11.8. The van der Waals surface area contributed by atoms with E-state index in [1.54, 1.807) is 7.05 Å². The van der Waals surface area contributed by atoms with Crippen molar-refractivity contribution in [1.29, 1.82) is 0 Å². The third kappa shape index (κ3) is 6.00. The van der Waals surface area contributed by atoms with E-state index in [1.165, 1.54) is 12.0 Å². The molecule has 3 unspecified atom stereocenters. The lowest BCUT2D eigenvalue weighted by molar-refractivity contribution is -0.145.